The van der Waals surface area contributed by atoms with E-state index in [2.05, 4.69) is 17.1 Å². The van der Waals surface area contributed by atoms with E-state index in [1.165, 1.54) is 0 Å². The fraction of sp³-hybridized carbons (Fsp3) is 0.929. The minimum absolute atomic E-state index is 0.234. The first kappa shape index (κ1) is 17.4. The molecule has 1 aliphatic carbocycles. The number of nitrogens with zero attached hydrogens (tertiary/aromatic N) is 1. The number of primary amides is 1. The molecule has 0 saturated heterocycles. The quantitative estimate of drug-likeness (QED) is 0.527. The topological polar surface area (TPSA) is 76.8 Å². The van der Waals surface area contributed by atoms with Crippen molar-refractivity contribution in [2.75, 3.05) is 40.5 Å². The second-order valence-electron chi connectivity index (χ2n) is 5.52. The average molecular weight is 287 g/mol. The number of nitrogens with two attached hydrogens (primary N) is 1. The van der Waals surface area contributed by atoms with Crippen LogP contribution in [0.3, 0.4) is 0 Å². The number of rotatable bonds is 12. The SMILES string of the molecule is COCCN(CCC(NC1CC1)C(N)=O)C(C)COC. The molecular formula is C14H29N3O3. The number of hydrogen-bond donors (Lipinski definition) is 2. The van der Waals surface area contributed by atoms with Crippen LogP contribution in [0.1, 0.15) is 26.2 Å². The fourth-order valence-corrected chi connectivity index (χ4v) is 2.24. The van der Waals surface area contributed by atoms with Crippen LogP contribution in [0.2, 0.25) is 0 Å². The largest absolute Gasteiger partial charge is 0.383 e. The van der Waals surface area contributed by atoms with Crippen LogP contribution in [0.5, 0.6) is 0 Å². The standard InChI is InChI=1S/C14H29N3O3/c1-11(10-20-3)17(8-9-19-2)7-6-13(14(15)18)16-12-4-5-12/h11-13,16H,4-10H2,1-3H3,(H2,15,18). The zero-order chi connectivity index (χ0) is 15.0. The molecule has 0 aromatic rings. The molecule has 1 amide bonds. The summed E-state index contributed by atoms with van der Waals surface area (Å²) in [4.78, 5) is 13.8. The molecule has 118 valence electrons. The Morgan fingerprint density at radius 2 is 2.05 bits per heavy atom. The molecule has 2 unspecified atom stereocenters. The Kier molecular flexibility index (Phi) is 8.06. The summed E-state index contributed by atoms with van der Waals surface area (Å²) in [5.41, 5.74) is 5.46. The van der Waals surface area contributed by atoms with Crippen LogP contribution in [0.4, 0.5) is 0 Å². The highest BCUT2D eigenvalue weighted by molar-refractivity contribution is 5.79. The number of hydrogen-bond acceptors (Lipinski definition) is 5. The molecule has 0 aromatic carbocycles. The molecule has 0 heterocycles. The van der Waals surface area contributed by atoms with Crippen molar-refractivity contribution in [3.63, 3.8) is 0 Å². The number of carbonyl (C=O) groups excluding carboxylic acids is 1. The van der Waals surface area contributed by atoms with Crippen molar-refractivity contribution in [1.82, 2.24) is 10.2 Å². The number of ether oxygens (including phenoxy) is 2. The Morgan fingerprint density at radius 3 is 2.55 bits per heavy atom. The van der Waals surface area contributed by atoms with Gasteiger partial charge in [-0.15, -0.1) is 0 Å². The van der Waals surface area contributed by atoms with Gasteiger partial charge in [-0.25, -0.2) is 0 Å². The van der Waals surface area contributed by atoms with E-state index >= 15 is 0 Å². The summed E-state index contributed by atoms with van der Waals surface area (Å²) in [7, 11) is 3.39. The van der Waals surface area contributed by atoms with E-state index in [1.54, 1.807) is 14.2 Å². The minimum atomic E-state index is -0.261. The van der Waals surface area contributed by atoms with Crippen molar-refractivity contribution in [2.24, 2.45) is 5.73 Å². The molecule has 1 saturated carbocycles. The summed E-state index contributed by atoms with van der Waals surface area (Å²) in [5.74, 6) is -0.261. The number of carbonyl (C=O) groups is 1. The molecule has 0 bridgehead atoms. The van der Waals surface area contributed by atoms with Crippen molar-refractivity contribution in [1.29, 1.82) is 0 Å². The highest BCUT2D eigenvalue weighted by atomic mass is 16.5. The first-order valence-electron chi connectivity index (χ1n) is 7.35. The third kappa shape index (κ3) is 6.65. The summed E-state index contributed by atoms with van der Waals surface area (Å²) in [6, 6.07) is 0.545. The van der Waals surface area contributed by atoms with Gasteiger partial charge in [0, 0.05) is 39.4 Å². The monoisotopic (exact) mass is 287 g/mol. The number of amides is 1. The lowest BCUT2D eigenvalue weighted by Crippen LogP contribution is -2.46. The van der Waals surface area contributed by atoms with Crippen molar-refractivity contribution in [3.8, 4) is 0 Å². The summed E-state index contributed by atoms with van der Waals surface area (Å²) in [6.45, 7) is 5.09. The lowest BCUT2D eigenvalue weighted by Gasteiger charge is -2.29. The van der Waals surface area contributed by atoms with Crippen molar-refractivity contribution in [3.05, 3.63) is 0 Å². The first-order chi connectivity index (χ1) is 9.58. The summed E-state index contributed by atoms with van der Waals surface area (Å²) < 4.78 is 10.3. The highest BCUT2D eigenvalue weighted by Gasteiger charge is 2.27. The maximum atomic E-state index is 11.5. The highest BCUT2D eigenvalue weighted by Crippen LogP contribution is 2.20. The summed E-state index contributed by atoms with van der Waals surface area (Å²) in [6.07, 6.45) is 3.03. The molecule has 6 heteroatoms. The predicted octanol–water partition coefficient (Wildman–Crippen LogP) is -0.0343. The van der Waals surface area contributed by atoms with Gasteiger partial charge < -0.3 is 20.5 Å². The molecule has 1 rings (SSSR count). The van der Waals surface area contributed by atoms with Gasteiger partial charge in [-0.05, 0) is 26.2 Å². The lowest BCUT2D eigenvalue weighted by atomic mass is 10.1. The van der Waals surface area contributed by atoms with Crippen molar-refractivity contribution >= 4 is 5.91 Å². The van der Waals surface area contributed by atoms with Gasteiger partial charge in [0.2, 0.25) is 5.91 Å². The molecule has 2 atom stereocenters. The van der Waals surface area contributed by atoms with Gasteiger partial charge in [-0.1, -0.05) is 0 Å². The van der Waals surface area contributed by atoms with Crippen molar-refractivity contribution in [2.45, 2.75) is 44.3 Å². The van der Waals surface area contributed by atoms with Gasteiger partial charge in [0.25, 0.3) is 0 Å². The number of nitrogens with one attached hydrogen (secondary N) is 1. The summed E-state index contributed by atoms with van der Waals surface area (Å²) in [5, 5.41) is 3.31. The molecule has 20 heavy (non-hydrogen) atoms. The Balaban J connectivity index is 2.42. The predicted molar refractivity (Wildman–Crippen MR) is 78.5 cm³/mol. The maximum Gasteiger partial charge on any atom is 0.234 e. The molecular weight excluding hydrogens is 258 g/mol. The van der Waals surface area contributed by atoms with E-state index in [4.69, 9.17) is 15.2 Å². The van der Waals surface area contributed by atoms with Crippen LogP contribution >= 0.6 is 0 Å². The molecule has 1 fully saturated rings. The lowest BCUT2D eigenvalue weighted by molar-refractivity contribution is -0.120. The third-order valence-electron chi connectivity index (χ3n) is 3.68. The maximum absolute atomic E-state index is 11.5. The zero-order valence-corrected chi connectivity index (χ0v) is 12.9. The van der Waals surface area contributed by atoms with Gasteiger partial charge >= 0.3 is 0 Å². The molecule has 6 nitrogen and oxygen atoms in total. The van der Waals surface area contributed by atoms with Gasteiger partial charge in [0.05, 0.1) is 19.3 Å². The van der Waals surface area contributed by atoms with Gasteiger partial charge in [0.15, 0.2) is 0 Å². The van der Waals surface area contributed by atoms with E-state index in [1.807, 2.05) is 0 Å². The van der Waals surface area contributed by atoms with Gasteiger partial charge in [0.1, 0.15) is 0 Å². The molecule has 3 N–H and O–H groups in total. The van der Waals surface area contributed by atoms with Gasteiger partial charge in [-0.2, -0.15) is 0 Å². The summed E-state index contributed by atoms with van der Waals surface area (Å²) >= 11 is 0. The van der Waals surface area contributed by atoms with E-state index in [0.717, 1.165) is 32.4 Å². The second-order valence-corrected chi connectivity index (χ2v) is 5.52. The second kappa shape index (κ2) is 9.28. The average Bonchev–Trinajstić information content (AvgIpc) is 3.21. The molecule has 0 radical (unpaired) electrons. The molecule has 0 aliphatic heterocycles. The van der Waals surface area contributed by atoms with E-state index in [0.29, 0.717) is 25.3 Å². The van der Waals surface area contributed by atoms with E-state index in [-0.39, 0.29) is 11.9 Å². The van der Waals surface area contributed by atoms with Crippen LogP contribution in [-0.4, -0.2) is 69.5 Å². The molecule has 1 aliphatic rings. The Bertz CT molecular complexity index is 285. The van der Waals surface area contributed by atoms with Crippen molar-refractivity contribution < 1.29 is 14.3 Å². The van der Waals surface area contributed by atoms with Crippen LogP contribution in [0, 0.1) is 0 Å². The van der Waals surface area contributed by atoms with Crippen LogP contribution in [-0.2, 0) is 14.3 Å². The molecule has 0 spiro atoms. The Labute approximate surface area is 122 Å². The van der Waals surface area contributed by atoms with E-state index < -0.39 is 0 Å². The normalized spacial score (nSPS) is 18.2. The van der Waals surface area contributed by atoms with E-state index in [9.17, 15) is 4.79 Å². The zero-order valence-electron chi connectivity index (χ0n) is 12.9. The number of methoxy groups -OCH3 is 2. The van der Waals surface area contributed by atoms with Crippen LogP contribution in [0.15, 0.2) is 0 Å². The van der Waals surface area contributed by atoms with Gasteiger partial charge in [-0.3, -0.25) is 9.69 Å². The third-order valence-corrected chi connectivity index (χ3v) is 3.68. The Morgan fingerprint density at radius 1 is 1.35 bits per heavy atom. The first-order valence-corrected chi connectivity index (χ1v) is 7.35. The van der Waals surface area contributed by atoms with Crippen LogP contribution in [0.25, 0.3) is 0 Å². The van der Waals surface area contributed by atoms with Crippen LogP contribution < -0.4 is 11.1 Å². The fourth-order valence-electron chi connectivity index (χ4n) is 2.24. The smallest absolute Gasteiger partial charge is 0.234 e. The minimum Gasteiger partial charge on any atom is -0.383 e. The Hall–Kier alpha value is -0.690. The molecule has 0 aromatic heterocycles.